The van der Waals surface area contributed by atoms with Crippen LogP contribution in [0.5, 0.6) is 11.5 Å². The number of phenols is 1. The highest BCUT2D eigenvalue weighted by Gasteiger charge is 2.52. The molecule has 1 saturated heterocycles. The number of aromatic hydroxyl groups is 1. The molecule has 0 aromatic heterocycles. The van der Waals surface area contributed by atoms with Crippen molar-refractivity contribution in [1.82, 2.24) is 4.90 Å². The molecule has 1 heterocycles. The van der Waals surface area contributed by atoms with E-state index in [9.17, 15) is 10.2 Å². The Kier molecular flexibility index (Phi) is 4.80. The fourth-order valence-corrected chi connectivity index (χ4v) is 5.17. The summed E-state index contributed by atoms with van der Waals surface area (Å²) in [5, 5.41) is 21.3. The lowest BCUT2D eigenvalue weighted by Crippen LogP contribution is -2.57. The third-order valence-corrected chi connectivity index (χ3v) is 6.67. The van der Waals surface area contributed by atoms with Crippen molar-refractivity contribution in [2.45, 2.75) is 63.5 Å². The smallest absolute Gasteiger partial charge is 0.161 e. The van der Waals surface area contributed by atoms with E-state index in [0.717, 1.165) is 44.2 Å². The summed E-state index contributed by atoms with van der Waals surface area (Å²) in [6, 6.07) is 4.37. The fourth-order valence-electron chi connectivity index (χ4n) is 5.17. The second-order valence-corrected chi connectivity index (χ2v) is 7.67. The lowest BCUT2D eigenvalue weighted by atomic mass is 9.55. The summed E-state index contributed by atoms with van der Waals surface area (Å²) in [4.78, 5) is 2.39. The molecule has 3 rings (SSSR count). The van der Waals surface area contributed by atoms with Crippen LogP contribution in [-0.4, -0.2) is 48.0 Å². The Balaban J connectivity index is 2.17. The Morgan fingerprint density at radius 3 is 2.75 bits per heavy atom. The normalized spacial score (nSPS) is 34.0. The molecule has 2 N–H and O–H groups in total. The molecule has 2 fully saturated rings. The second kappa shape index (κ2) is 6.57. The van der Waals surface area contributed by atoms with E-state index < -0.39 is 0 Å². The molecule has 0 spiro atoms. The van der Waals surface area contributed by atoms with E-state index in [1.807, 2.05) is 6.07 Å². The summed E-state index contributed by atoms with van der Waals surface area (Å²) in [5.74, 6) is 1.23. The van der Waals surface area contributed by atoms with Crippen molar-refractivity contribution in [2.75, 3.05) is 20.7 Å². The van der Waals surface area contributed by atoms with Crippen molar-refractivity contribution in [3.8, 4) is 11.5 Å². The van der Waals surface area contributed by atoms with Crippen LogP contribution in [0, 0.1) is 5.92 Å². The molecule has 1 aliphatic carbocycles. The molecule has 1 aromatic carbocycles. The molecule has 0 amide bonds. The standard InChI is InChI=1S/C20H31NO3/c1-5-14-6-7-17(24-4)19(23)18(14)20-9-8-15(22)12-16(20)13(2)21(3)11-10-20/h6-7,13,15-16,22-23H,5,8-12H2,1-4H3. The Labute approximate surface area is 145 Å². The number of piperidine rings is 1. The number of hydrogen-bond donors (Lipinski definition) is 2. The lowest BCUT2D eigenvalue weighted by molar-refractivity contribution is -0.0268. The average Bonchev–Trinajstić information content (AvgIpc) is 2.59. The molecule has 4 heteroatoms. The first-order valence-corrected chi connectivity index (χ1v) is 9.22. The summed E-state index contributed by atoms with van der Waals surface area (Å²) >= 11 is 0. The molecule has 1 saturated carbocycles. The quantitative estimate of drug-likeness (QED) is 0.892. The van der Waals surface area contributed by atoms with Crippen molar-refractivity contribution >= 4 is 0 Å². The number of hydrogen-bond acceptors (Lipinski definition) is 4. The number of aryl methyl sites for hydroxylation is 1. The third kappa shape index (κ3) is 2.60. The van der Waals surface area contributed by atoms with Gasteiger partial charge in [0.25, 0.3) is 0 Å². The van der Waals surface area contributed by atoms with Crippen LogP contribution >= 0.6 is 0 Å². The summed E-state index contributed by atoms with van der Waals surface area (Å²) in [6.07, 6.45) is 4.26. The first kappa shape index (κ1) is 17.6. The van der Waals surface area contributed by atoms with Crippen LogP contribution in [-0.2, 0) is 11.8 Å². The largest absolute Gasteiger partial charge is 0.504 e. The molecule has 1 aromatic rings. The maximum absolute atomic E-state index is 11.0. The van der Waals surface area contributed by atoms with Gasteiger partial charge in [0.15, 0.2) is 11.5 Å². The van der Waals surface area contributed by atoms with Gasteiger partial charge in [-0.25, -0.2) is 0 Å². The minimum Gasteiger partial charge on any atom is -0.504 e. The van der Waals surface area contributed by atoms with Gasteiger partial charge >= 0.3 is 0 Å². The van der Waals surface area contributed by atoms with Crippen molar-refractivity contribution in [3.63, 3.8) is 0 Å². The number of ether oxygens (including phenoxy) is 1. The molecular weight excluding hydrogens is 302 g/mol. The number of nitrogens with zero attached hydrogens (tertiary/aromatic N) is 1. The van der Waals surface area contributed by atoms with Gasteiger partial charge in [0, 0.05) is 17.0 Å². The van der Waals surface area contributed by atoms with E-state index in [2.05, 4.69) is 31.9 Å². The molecule has 4 unspecified atom stereocenters. The highest BCUT2D eigenvalue weighted by molar-refractivity contribution is 5.54. The number of likely N-dealkylation sites (tertiary alicyclic amines) is 1. The highest BCUT2D eigenvalue weighted by atomic mass is 16.5. The molecule has 0 bridgehead atoms. The predicted molar refractivity (Wildman–Crippen MR) is 95.8 cm³/mol. The second-order valence-electron chi connectivity index (χ2n) is 7.67. The van der Waals surface area contributed by atoms with Gasteiger partial charge in [-0.05, 0) is 70.2 Å². The molecule has 4 atom stereocenters. The number of methoxy groups -OCH3 is 1. The molecule has 4 nitrogen and oxygen atoms in total. The highest BCUT2D eigenvalue weighted by Crippen LogP contribution is 2.55. The Morgan fingerprint density at radius 1 is 1.33 bits per heavy atom. The summed E-state index contributed by atoms with van der Waals surface area (Å²) < 4.78 is 5.41. The van der Waals surface area contributed by atoms with Crippen LogP contribution in [0.2, 0.25) is 0 Å². The Bertz CT molecular complexity index is 599. The van der Waals surface area contributed by atoms with Crippen LogP contribution < -0.4 is 4.74 Å². The SMILES string of the molecule is CCc1ccc(OC)c(O)c1C12CCC(O)CC1C(C)N(C)CC2. The van der Waals surface area contributed by atoms with Gasteiger partial charge in [0.1, 0.15) is 0 Å². The first-order chi connectivity index (χ1) is 11.4. The molecule has 0 radical (unpaired) electrons. The van der Waals surface area contributed by atoms with Gasteiger partial charge in [-0.15, -0.1) is 0 Å². The van der Waals surface area contributed by atoms with E-state index in [1.54, 1.807) is 7.11 Å². The number of fused-ring (bicyclic) bond motifs is 1. The molecule has 24 heavy (non-hydrogen) atoms. The van der Waals surface area contributed by atoms with Crippen LogP contribution in [0.25, 0.3) is 0 Å². The number of rotatable bonds is 3. The van der Waals surface area contributed by atoms with Gasteiger partial charge in [-0.3, -0.25) is 0 Å². The molecular formula is C20H31NO3. The van der Waals surface area contributed by atoms with E-state index >= 15 is 0 Å². The van der Waals surface area contributed by atoms with Crippen molar-refractivity contribution in [2.24, 2.45) is 5.92 Å². The lowest BCUT2D eigenvalue weighted by Gasteiger charge is -2.55. The topological polar surface area (TPSA) is 52.9 Å². The first-order valence-electron chi connectivity index (χ1n) is 9.22. The monoisotopic (exact) mass is 333 g/mol. The number of aliphatic hydroxyl groups is 1. The minimum absolute atomic E-state index is 0.0604. The van der Waals surface area contributed by atoms with Crippen LogP contribution in [0.15, 0.2) is 12.1 Å². The Hall–Kier alpha value is -1.26. The predicted octanol–water partition coefficient (Wildman–Crippen LogP) is 3.09. The van der Waals surface area contributed by atoms with Gasteiger partial charge in [-0.2, -0.15) is 0 Å². The summed E-state index contributed by atoms with van der Waals surface area (Å²) in [6.45, 7) is 5.43. The van der Waals surface area contributed by atoms with E-state index in [4.69, 9.17) is 4.74 Å². The van der Waals surface area contributed by atoms with Crippen LogP contribution in [0.4, 0.5) is 0 Å². The summed E-state index contributed by atoms with van der Waals surface area (Å²) in [5.41, 5.74) is 2.24. The molecule has 2 aliphatic rings. The van der Waals surface area contributed by atoms with Gasteiger partial charge < -0.3 is 19.8 Å². The van der Waals surface area contributed by atoms with Gasteiger partial charge in [0.2, 0.25) is 0 Å². The fraction of sp³-hybridized carbons (Fsp3) is 0.700. The van der Waals surface area contributed by atoms with Crippen molar-refractivity contribution < 1.29 is 14.9 Å². The maximum atomic E-state index is 11.0. The average molecular weight is 333 g/mol. The van der Waals surface area contributed by atoms with Crippen LogP contribution in [0.3, 0.4) is 0 Å². The number of phenolic OH excluding ortho intramolecular Hbond substituents is 1. The zero-order valence-corrected chi connectivity index (χ0v) is 15.4. The van der Waals surface area contributed by atoms with Crippen LogP contribution in [0.1, 0.15) is 50.7 Å². The van der Waals surface area contributed by atoms with E-state index in [1.165, 1.54) is 5.56 Å². The zero-order valence-electron chi connectivity index (χ0n) is 15.4. The summed E-state index contributed by atoms with van der Waals surface area (Å²) in [7, 11) is 3.78. The maximum Gasteiger partial charge on any atom is 0.161 e. The number of benzene rings is 1. The minimum atomic E-state index is -0.227. The van der Waals surface area contributed by atoms with Gasteiger partial charge in [0.05, 0.1) is 13.2 Å². The van der Waals surface area contributed by atoms with E-state index in [0.29, 0.717) is 23.5 Å². The molecule has 1 aliphatic heterocycles. The van der Waals surface area contributed by atoms with Crippen molar-refractivity contribution in [1.29, 1.82) is 0 Å². The number of aliphatic hydroxyl groups excluding tert-OH is 1. The zero-order chi connectivity index (χ0) is 17.5. The third-order valence-electron chi connectivity index (χ3n) is 6.67. The Morgan fingerprint density at radius 2 is 2.08 bits per heavy atom. The van der Waals surface area contributed by atoms with Crippen molar-refractivity contribution in [3.05, 3.63) is 23.3 Å². The van der Waals surface area contributed by atoms with Gasteiger partial charge in [-0.1, -0.05) is 13.0 Å². The molecule has 134 valence electrons. The van der Waals surface area contributed by atoms with E-state index in [-0.39, 0.29) is 11.5 Å².